The molecule has 0 aromatic heterocycles. The summed E-state index contributed by atoms with van der Waals surface area (Å²) < 4.78 is 21.9. The summed E-state index contributed by atoms with van der Waals surface area (Å²) in [5.41, 5.74) is 2.56. The predicted octanol–water partition coefficient (Wildman–Crippen LogP) is 1.38. The van der Waals surface area contributed by atoms with E-state index in [4.69, 9.17) is 0 Å². The Balaban J connectivity index is 2.43. The highest BCUT2D eigenvalue weighted by atomic mass is 32.2. The van der Waals surface area contributed by atoms with E-state index in [0.717, 1.165) is 13.0 Å². The van der Waals surface area contributed by atoms with Gasteiger partial charge in [0.05, 0.1) is 5.75 Å². The molecule has 0 radical (unpaired) electrons. The zero-order chi connectivity index (χ0) is 12.0. The van der Waals surface area contributed by atoms with Gasteiger partial charge in [-0.15, -0.1) is 0 Å². The minimum atomic E-state index is -2.86. The Labute approximate surface area is 97.8 Å². The van der Waals surface area contributed by atoms with Gasteiger partial charge >= 0.3 is 0 Å². The van der Waals surface area contributed by atoms with Crippen LogP contribution in [0.15, 0.2) is 24.3 Å². The van der Waals surface area contributed by atoms with Crippen molar-refractivity contribution in [3.8, 4) is 0 Å². The number of rotatable bonds is 6. The Morgan fingerprint density at radius 2 is 1.81 bits per heavy atom. The lowest BCUT2D eigenvalue weighted by atomic mass is 10.1. The number of hydrogen-bond acceptors (Lipinski definition) is 3. The largest absolute Gasteiger partial charge is 0.312 e. The number of aryl methyl sites for hydroxylation is 1. The SMILES string of the molecule is CCc1ccccc1CNCCS(C)(=O)=O. The van der Waals surface area contributed by atoms with E-state index in [1.165, 1.54) is 17.4 Å². The molecule has 1 aromatic rings. The van der Waals surface area contributed by atoms with Crippen molar-refractivity contribution >= 4 is 9.84 Å². The van der Waals surface area contributed by atoms with Crippen LogP contribution < -0.4 is 5.32 Å². The lowest BCUT2D eigenvalue weighted by molar-refractivity contribution is 0.596. The summed E-state index contributed by atoms with van der Waals surface area (Å²) in [5.74, 6) is 0.196. The third kappa shape index (κ3) is 4.77. The van der Waals surface area contributed by atoms with Crippen LogP contribution in [0.25, 0.3) is 0 Å². The molecular weight excluding hydrogens is 222 g/mol. The maximum absolute atomic E-state index is 10.9. The van der Waals surface area contributed by atoms with Gasteiger partial charge in [-0.25, -0.2) is 8.42 Å². The second kappa shape index (κ2) is 6.01. The van der Waals surface area contributed by atoms with Crippen molar-refractivity contribution in [3.05, 3.63) is 35.4 Å². The van der Waals surface area contributed by atoms with Crippen LogP contribution in [0.1, 0.15) is 18.1 Å². The molecule has 1 N–H and O–H groups in total. The van der Waals surface area contributed by atoms with Gasteiger partial charge in [0.2, 0.25) is 0 Å². The number of benzene rings is 1. The third-order valence-corrected chi connectivity index (χ3v) is 3.41. The van der Waals surface area contributed by atoms with Crippen LogP contribution >= 0.6 is 0 Å². The average Bonchev–Trinajstić information content (AvgIpc) is 2.23. The predicted molar refractivity (Wildman–Crippen MR) is 67.2 cm³/mol. The van der Waals surface area contributed by atoms with Crippen LogP contribution in [0.3, 0.4) is 0 Å². The zero-order valence-electron chi connectivity index (χ0n) is 9.86. The van der Waals surface area contributed by atoms with Crippen LogP contribution in [0.4, 0.5) is 0 Å². The van der Waals surface area contributed by atoms with E-state index in [0.29, 0.717) is 6.54 Å². The van der Waals surface area contributed by atoms with Crippen molar-refractivity contribution in [2.75, 3.05) is 18.6 Å². The molecule has 0 atom stereocenters. The van der Waals surface area contributed by atoms with Gasteiger partial charge in [-0.2, -0.15) is 0 Å². The topological polar surface area (TPSA) is 46.2 Å². The van der Waals surface area contributed by atoms with E-state index in [-0.39, 0.29) is 5.75 Å². The van der Waals surface area contributed by atoms with Crippen LogP contribution in [-0.2, 0) is 22.8 Å². The quantitative estimate of drug-likeness (QED) is 0.765. The van der Waals surface area contributed by atoms with Crippen molar-refractivity contribution < 1.29 is 8.42 Å². The minimum absolute atomic E-state index is 0.196. The average molecular weight is 241 g/mol. The number of nitrogens with one attached hydrogen (secondary N) is 1. The van der Waals surface area contributed by atoms with E-state index < -0.39 is 9.84 Å². The molecule has 16 heavy (non-hydrogen) atoms. The first-order valence-electron chi connectivity index (χ1n) is 5.48. The van der Waals surface area contributed by atoms with E-state index in [1.54, 1.807) is 0 Å². The summed E-state index contributed by atoms with van der Waals surface area (Å²) in [7, 11) is -2.86. The van der Waals surface area contributed by atoms with E-state index >= 15 is 0 Å². The van der Waals surface area contributed by atoms with Crippen molar-refractivity contribution in [1.82, 2.24) is 5.32 Å². The molecule has 90 valence electrons. The third-order valence-electron chi connectivity index (χ3n) is 2.46. The summed E-state index contributed by atoms with van der Waals surface area (Å²) in [6, 6.07) is 8.21. The summed E-state index contributed by atoms with van der Waals surface area (Å²) in [6.45, 7) is 3.37. The molecule has 0 heterocycles. The highest BCUT2D eigenvalue weighted by Gasteiger charge is 2.02. The van der Waals surface area contributed by atoms with Gasteiger partial charge in [0, 0.05) is 19.3 Å². The lowest BCUT2D eigenvalue weighted by Crippen LogP contribution is -2.22. The molecule has 0 saturated heterocycles. The Hall–Kier alpha value is -0.870. The van der Waals surface area contributed by atoms with Crippen LogP contribution in [0.2, 0.25) is 0 Å². The van der Waals surface area contributed by atoms with Crippen molar-refractivity contribution in [2.24, 2.45) is 0 Å². The Morgan fingerprint density at radius 3 is 2.38 bits per heavy atom. The molecule has 0 unspecified atom stereocenters. The monoisotopic (exact) mass is 241 g/mol. The van der Waals surface area contributed by atoms with Crippen molar-refractivity contribution in [3.63, 3.8) is 0 Å². The Kier molecular flexibility index (Phi) is 4.96. The normalized spacial score (nSPS) is 11.6. The molecular formula is C12H19NO2S. The van der Waals surface area contributed by atoms with Gasteiger partial charge in [0.1, 0.15) is 9.84 Å². The van der Waals surface area contributed by atoms with Crippen LogP contribution in [0, 0.1) is 0 Å². The first-order valence-corrected chi connectivity index (χ1v) is 7.54. The van der Waals surface area contributed by atoms with E-state index in [1.807, 2.05) is 12.1 Å². The minimum Gasteiger partial charge on any atom is -0.312 e. The summed E-state index contributed by atoms with van der Waals surface area (Å²) in [5, 5.41) is 3.15. The fourth-order valence-electron chi connectivity index (χ4n) is 1.56. The Bertz CT molecular complexity index is 426. The zero-order valence-corrected chi connectivity index (χ0v) is 10.7. The Morgan fingerprint density at radius 1 is 1.19 bits per heavy atom. The fourth-order valence-corrected chi connectivity index (χ4v) is 2.07. The molecule has 4 heteroatoms. The molecule has 0 fully saturated rings. The fraction of sp³-hybridized carbons (Fsp3) is 0.500. The van der Waals surface area contributed by atoms with Crippen LogP contribution in [0.5, 0.6) is 0 Å². The lowest BCUT2D eigenvalue weighted by Gasteiger charge is -2.08. The number of hydrogen-bond donors (Lipinski definition) is 1. The molecule has 0 spiro atoms. The highest BCUT2D eigenvalue weighted by Crippen LogP contribution is 2.08. The first kappa shape index (κ1) is 13.2. The summed E-state index contributed by atoms with van der Waals surface area (Å²) in [4.78, 5) is 0. The number of sulfone groups is 1. The molecule has 0 aliphatic rings. The maximum Gasteiger partial charge on any atom is 0.148 e. The molecule has 0 saturated carbocycles. The maximum atomic E-state index is 10.9. The molecule has 0 amide bonds. The molecule has 1 rings (SSSR count). The second-order valence-electron chi connectivity index (χ2n) is 3.93. The van der Waals surface area contributed by atoms with Crippen molar-refractivity contribution in [1.29, 1.82) is 0 Å². The van der Waals surface area contributed by atoms with Gasteiger partial charge in [0.25, 0.3) is 0 Å². The smallest absolute Gasteiger partial charge is 0.148 e. The molecule has 3 nitrogen and oxygen atoms in total. The highest BCUT2D eigenvalue weighted by molar-refractivity contribution is 7.90. The summed E-state index contributed by atoms with van der Waals surface area (Å²) >= 11 is 0. The van der Waals surface area contributed by atoms with Gasteiger partial charge in [-0.1, -0.05) is 31.2 Å². The molecule has 1 aromatic carbocycles. The van der Waals surface area contributed by atoms with Gasteiger partial charge < -0.3 is 5.32 Å². The van der Waals surface area contributed by atoms with Crippen molar-refractivity contribution in [2.45, 2.75) is 19.9 Å². The van der Waals surface area contributed by atoms with Gasteiger partial charge in [-0.3, -0.25) is 0 Å². The standard InChI is InChI=1S/C12H19NO2S/c1-3-11-6-4-5-7-12(11)10-13-8-9-16(2,14)15/h4-7,13H,3,8-10H2,1-2H3. The van der Waals surface area contributed by atoms with E-state index in [9.17, 15) is 8.42 Å². The molecule has 0 aliphatic heterocycles. The second-order valence-corrected chi connectivity index (χ2v) is 6.19. The molecule has 0 aliphatic carbocycles. The van der Waals surface area contributed by atoms with Crippen LogP contribution in [-0.4, -0.2) is 27.0 Å². The summed E-state index contributed by atoms with van der Waals surface area (Å²) in [6.07, 6.45) is 2.26. The van der Waals surface area contributed by atoms with Gasteiger partial charge in [-0.05, 0) is 17.5 Å². The van der Waals surface area contributed by atoms with Gasteiger partial charge in [0.15, 0.2) is 0 Å². The molecule has 0 bridgehead atoms. The van der Waals surface area contributed by atoms with E-state index in [2.05, 4.69) is 24.4 Å². The first-order chi connectivity index (χ1) is 7.53.